The molecule has 0 aromatic heterocycles. The number of benzene rings is 3. The zero-order valence-electron chi connectivity index (χ0n) is 14.4. The maximum atomic E-state index is 13.3. The van der Waals surface area contributed by atoms with E-state index in [2.05, 4.69) is 21.0 Å². The average molecular weight is 441 g/mol. The van der Waals surface area contributed by atoms with Gasteiger partial charge in [-0.1, -0.05) is 76.6 Å². The largest absolute Gasteiger partial charge is 0.279 e. The molecule has 4 nitrogen and oxygen atoms in total. The highest BCUT2D eigenvalue weighted by atomic mass is 79.9. The molecule has 1 heterocycles. The number of nitrogens with zero attached hydrogens (tertiary/aromatic N) is 2. The van der Waals surface area contributed by atoms with E-state index in [0.717, 1.165) is 21.3 Å². The number of halogens is 1. The van der Waals surface area contributed by atoms with Crippen LogP contribution in [0.4, 0.5) is 0 Å². The Labute approximate surface area is 167 Å². The molecule has 0 aliphatic carbocycles. The van der Waals surface area contributed by atoms with Gasteiger partial charge < -0.3 is 0 Å². The third kappa shape index (κ3) is 3.55. The summed E-state index contributed by atoms with van der Waals surface area (Å²) in [6.07, 6.45) is 0.526. The molecule has 0 radical (unpaired) electrons. The summed E-state index contributed by atoms with van der Waals surface area (Å²) in [5, 5.41) is 4.54. The second-order valence-electron chi connectivity index (χ2n) is 6.27. The lowest BCUT2D eigenvalue weighted by Gasteiger charge is -2.23. The maximum absolute atomic E-state index is 13.3. The highest BCUT2D eigenvalue weighted by Crippen LogP contribution is 2.37. The van der Waals surface area contributed by atoms with Gasteiger partial charge in [0.15, 0.2) is 0 Å². The second kappa shape index (κ2) is 7.29. The fourth-order valence-electron chi connectivity index (χ4n) is 3.15. The highest BCUT2D eigenvalue weighted by molar-refractivity contribution is 9.10. The SMILES string of the molecule is O=S(=O)(c1ccccc1)N1N=C(c2ccccc2)C[C@H]1c1ccc(Br)cc1. The molecule has 3 aromatic rings. The van der Waals surface area contributed by atoms with Gasteiger partial charge in [-0.25, -0.2) is 0 Å². The minimum atomic E-state index is -3.75. The maximum Gasteiger partial charge on any atom is 0.279 e. The van der Waals surface area contributed by atoms with Crippen LogP contribution in [-0.2, 0) is 10.0 Å². The molecule has 0 amide bonds. The molecule has 0 bridgehead atoms. The molecule has 0 saturated carbocycles. The van der Waals surface area contributed by atoms with E-state index in [4.69, 9.17) is 0 Å². The van der Waals surface area contributed by atoms with Crippen LogP contribution in [0.2, 0.25) is 0 Å². The van der Waals surface area contributed by atoms with Crippen molar-refractivity contribution >= 4 is 31.7 Å². The monoisotopic (exact) mass is 440 g/mol. The Bertz CT molecular complexity index is 1070. The molecule has 6 heteroatoms. The van der Waals surface area contributed by atoms with Gasteiger partial charge in [0, 0.05) is 10.9 Å². The van der Waals surface area contributed by atoms with Crippen LogP contribution in [0.25, 0.3) is 0 Å². The topological polar surface area (TPSA) is 49.7 Å². The van der Waals surface area contributed by atoms with Crippen LogP contribution >= 0.6 is 15.9 Å². The zero-order valence-corrected chi connectivity index (χ0v) is 16.8. The average Bonchev–Trinajstić information content (AvgIpc) is 3.16. The number of rotatable bonds is 4. The van der Waals surface area contributed by atoms with Gasteiger partial charge in [-0.2, -0.15) is 17.9 Å². The smallest absolute Gasteiger partial charge is 0.200 e. The van der Waals surface area contributed by atoms with E-state index in [-0.39, 0.29) is 10.9 Å². The van der Waals surface area contributed by atoms with Crippen LogP contribution in [0.3, 0.4) is 0 Å². The molecule has 136 valence electrons. The molecule has 1 atom stereocenters. The van der Waals surface area contributed by atoms with Gasteiger partial charge in [0.25, 0.3) is 10.0 Å². The molecule has 1 aliphatic heterocycles. The van der Waals surface area contributed by atoms with Crippen molar-refractivity contribution in [3.05, 3.63) is 101 Å². The quantitative estimate of drug-likeness (QED) is 0.573. The van der Waals surface area contributed by atoms with Crippen LogP contribution < -0.4 is 0 Å². The number of hydrogen-bond donors (Lipinski definition) is 0. The summed E-state index contributed by atoms with van der Waals surface area (Å²) in [6, 6.07) is 25.5. The summed E-state index contributed by atoms with van der Waals surface area (Å²) in [6.45, 7) is 0. The van der Waals surface area contributed by atoms with Crippen LogP contribution in [0, 0.1) is 0 Å². The van der Waals surface area contributed by atoms with Crippen molar-refractivity contribution in [1.82, 2.24) is 4.41 Å². The lowest BCUT2D eigenvalue weighted by molar-refractivity contribution is 0.371. The Morgan fingerprint density at radius 2 is 1.44 bits per heavy atom. The fourth-order valence-corrected chi connectivity index (χ4v) is 4.87. The van der Waals surface area contributed by atoms with Crippen LogP contribution in [0.5, 0.6) is 0 Å². The van der Waals surface area contributed by atoms with Crippen molar-refractivity contribution in [3.8, 4) is 0 Å². The third-order valence-corrected chi connectivity index (χ3v) is 6.75. The van der Waals surface area contributed by atoms with Crippen molar-refractivity contribution in [2.24, 2.45) is 5.10 Å². The molecular weight excluding hydrogens is 424 g/mol. The molecule has 0 N–H and O–H groups in total. The summed E-state index contributed by atoms with van der Waals surface area (Å²) in [5.74, 6) is 0. The lowest BCUT2D eigenvalue weighted by atomic mass is 9.99. The molecule has 0 fully saturated rings. The Hall–Kier alpha value is -2.44. The van der Waals surface area contributed by atoms with Gasteiger partial charge in [-0.15, -0.1) is 0 Å². The second-order valence-corrected chi connectivity index (χ2v) is 8.99. The molecule has 0 saturated heterocycles. The van der Waals surface area contributed by atoms with E-state index in [1.54, 1.807) is 30.3 Å². The van der Waals surface area contributed by atoms with Gasteiger partial charge in [0.05, 0.1) is 16.6 Å². The summed E-state index contributed by atoms with van der Waals surface area (Å²) >= 11 is 3.43. The van der Waals surface area contributed by atoms with Crippen molar-refractivity contribution in [3.63, 3.8) is 0 Å². The Morgan fingerprint density at radius 1 is 0.852 bits per heavy atom. The van der Waals surface area contributed by atoms with Gasteiger partial charge in [-0.05, 0) is 35.4 Å². The summed E-state index contributed by atoms with van der Waals surface area (Å²) in [5.41, 5.74) is 2.61. The van der Waals surface area contributed by atoms with Gasteiger partial charge in [0.1, 0.15) is 0 Å². The predicted molar refractivity (Wildman–Crippen MR) is 110 cm³/mol. The Balaban J connectivity index is 1.80. The van der Waals surface area contributed by atoms with E-state index in [1.807, 2.05) is 54.6 Å². The number of hydrazone groups is 1. The van der Waals surface area contributed by atoms with Crippen molar-refractivity contribution in [2.45, 2.75) is 17.4 Å². The molecule has 4 rings (SSSR count). The van der Waals surface area contributed by atoms with E-state index in [9.17, 15) is 8.42 Å². The first-order valence-corrected chi connectivity index (χ1v) is 10.8. The number of hydrogen-bond acceptors (Lipinski definition) is 3. The van der Waals surface area contributed by atoms with E-state index >= 15 is 0 Å². The summed E-state index contributed by atoms with van der Waals surface area (Å²) < 4.78 is 28.8. The minimum absolute atomic E-state index is 0.241. The van der Waals surface area contributed by atoms with Crippen molar-refractivity contribution < 1.29 is 8.42 Å². The van der Waals surface area contributed by atoms with Crippen LogP contribution in [0.15, 0.2) is 99.4 Å². The molecular formula is C21H17BrN2O2S. The van der Waals surface area contributed by atoms with Gasteiger partial charge in [-0.3, -0.25) is 0 Å². The standard InChI is InChI=1S/C21H17BrN2O2S/c22-18-13-11-17(12-14-18)21-15-20(16-7-3-1-4-8-16)23-24(21)27(25,26)19-9-5-2-6-10-19/h1-14,21H,15H2/t21-/m0/s1. The van der Waals surface area contributed by atoms with Crippen LogP contribution in [-0.4, -0.2) is 18.5 Å². The van der Waals surface area contributed by atoms with E-state index in [0.29, 0.717) is 6.42 Å². The highest BCUT2D eigenvalue weighted by Gasteiger charge is 2.37. The van der Waals surface area contributed by atoms with Gasteiger partial charge in [0.2, 0.25) is 0 Å². The minimum Gasteiger partial charge on any atom is -0.200 e. The number of sulfonamides is 1. The third-order valence-electron chi connectivity index (χ3n) is 4.52. The first-order valence-electron chi connectivity index (χ1n) is 8.53. The van der Waals surface area contributed by atoms with Crippen LogP contribution in [0.1, 0.15) is 23.6 Å². The first-order chi connectivity index (χ1) is 13.1. The molecule has 27 heavy (non-hydrogen) atoms. The van der Waals surface area contributed by atoms with Crippen molar-refractivity contribution in [2.75, 3.05) is 0 Å². The summed E-state index contributed by atoms with van der Waals surface area (Å²) in [7, 11) is -3.75. The predicted octanol–water partition coefficient (Wildman–Crippen LogP) is 4.99. The van der Waals surface area contributed by atoms with E-state index in [1.165, 1.54) is 4.41 Å². The summed E-state index contributed by atoms with van der Waals surface area (Å²) in [4.78, 5) is 0.241. The van der Waals surface area contributed by atoms with Gasteiger partial charge >= 0.3 is 0 Å². The molecule has 1 aliphatic rings. The molecule has 0 unspecified atom stereocenters. The Kier molecular flexibility index (Phi) is 4.85. The normalized spacial score (nSPS) is 17.0. The Morgan fingerprint density at radius 3 is 2.07 bits per heavy atom. The first kappa shape index (κ1) is 17.9. The van der Waals surface area contributed by atoms with Crippen molar-refractivity contribution in [1.29, 1.82) is 0 Å². The lowest BCUT2D eigenvalue weighted by Crippen LogP contribution is -2.27. The zero-order chi connectivity index (χ0) is 18.9. The van der Waals surface area contributed by atoms with E-state index < -0.39 is 10.0 Å². The fraction of sp³-hybridized carbons (Fsp3) is 0.0952. The molecule has 3 aromatic carbocycles. The molecule has 0 spiro atoms.